The van der Waals surface area contributed by atoms with E-state index in [1.165, 1.54) is 16.7 Å². The van der Waals surface area contributed by atoms with Gasteiger partial charge < -0.3 is 18.9 Å². The van der Waals surface area contributed by atoms with Crippen molar-refractivity contribution in [3.05, 3.63) is 83.4 Å². The zero-order valence-electron chi connectivity index (χ0n) is 20.5. The lowest BCUT2D eigenvalue weighted by atomic mass is 10.1. The second-order valence-electron chi connectivity index (χ2n) is 7.87. The fraction of sp³-hybridized carbons (Fsp3) is 0.321. The molecule has 3 aromatic rings. The normalized spacial score (nSPS) is 11.1. The number of rotatable bonds is 12. The molecule has 0 atom stereocenters. The first-order valence-corrected chi connectivity index (χ1v) is 11.5. The number of hydrogen-bond donors (Lipinski definition) is 2. The largest absolute Gasteiger partial charge is 0.493 e. The molecule has 0 aliphatic carbocycles. The first-order chi connectivity index (χ1) is 16.7. The monoisotopic (exact) mass is 463 g/mol. The maximum atomic E-state index is 5.43. The third-order valence-corrected chi connectivity index (χ3v) is 5.62. The molecule has 3 aromatic carbocycles. The van der Waals surface area contributed by atoms with Gasteiger partial charge in [0.05, 0.1) is 47.9 Å². The van der Waals surface area contributed by atoms with E-state index in [1.54, 1.807) is 28.4 Å². The summed E-state index contributed by atoms with van der Waals surface area (Å²) in [6.07, 6.45) is 2.56. The number of methoxy groups -OCH3 is 4. The van der Waals surface area contributed by atoms with E-state index in [4.69, 9.17) is 18.9 Å². The molecule has 0 amide bonds. The molecule has 2 N–H and O–H groups in total. The molecule has 0 unspecified atom stereocenters. The summed E-state index contributed by atoms with van der Waals surface area (Å²) < 4.78 is 21.5. The third-order valence-electron chi connectivity index (χ3n) is 5.62. The minimum atomic E-state index is 0.743. The van der Waals surface area contributed by atoms with Crippen molar-refractivity contribution in [2.75, 3.05) is 41.5 Å². The van der Waals surface area contributed by atoms with Gasteiger partial charge >= 0.3 is 0 Å². The van der Waals surface area contributed by atoms with Crippen molar-refractivity contribution in [3.8, 4) is 23.0 Å². The van der Waals surface area contributed by atoms with Gasteiger partial charge in [-0.05, 0) is 41.0 Å². The van der Waals surface area contributed by atoms with E-state index >= 15 is 0 Å². The van der Waals surface area contributed by atoms with Gasteiger partial charge in [0.2, 0.25) is 5.84 Å². The van der Waals surface area contributed by atoms with Crippen LogP contribution in [0.5, 0.6) is 23.0 Å². The van der Waals surface area contributed by atoms with Crippen LogP contribution in [0.3, 0.4) is 0 Å². The molecule has 180 valence electrons. The van der Waals surface area contributed by atoms with Crippen LogP contribution in [0, 0.1) is 0 Å². The van der Waals surface area contributed by atoms with E-state index in [-0.39, 0.29) is 0 Å². The molecule has 0 spiro atoms. The molecule has 0 radical (unpaired) electrons. The first-order valence-electron chi connectivity index (χ1n) is 11.5. The van der Waals surface area contributed by atoms with Crippen LogP contribution in [0.2, 0.25) is 0 Å². The summed E-state index contributed by atoms with van der Waals surface area (Å²) in [7, 11) is 6.62. The molecule has 0 aliphatic heterocycles. The zero-order chi connectivity index (χ0) is 24.2. The van der Waals surface area contributed by atoms with Gasteiger partial charge in [-0.3, -0.25) is 10.3 Å². The molecule has 3 rings (SSSR count). The molecule has 0 saturated carbocycles. The van der Waals surface area contributed by atoms with Crippen LogP contribution < -0.4 is 29.3 Å². The van der Waals surface area contributed by atoms with E-state index in [0.717, 1.165) is 61.2 Å². The first kappa shape index (κ1) is 25.0. The second kappa shape index (κ2) is 13.1. The Balaban J connectivity index is 1.64. The summed E-state index contributed by atoms with van der Waals surface area (Å²) in [5.41, 5.74) is 3.64. The highest BCUT2D eigenvalue weighted by Crippen LogP contribution is 2.28. The van der Waals surface area contributed by atoms with Crippen molar-refractivity contribution < 1.29 is 23.9 Å². The Bertz CT molecular complexity index is 1070. The molecule has 0 heterocycles. The Hall–Kier alpha value is -3.67. The van der Waals surface area contributed by atoms with Crippen LogP contribution in [0.1, 0.15) is 16.7 Å². The van der Waals surface area contributed by atoms with Crippen molar-refractivity contribution in [1.29, 1.82) is 0 Å². The van der Waals surface area contributed by atoms with Gasteiger partial charge in [0.15, 0.2) is 23.0 Å². The standard InChI is InChI=1S/C28H34N2O4/c1-31-24-12-10-22(18-26(24)33-3)14-16-29-28(20-21-8-6-5-7-9-21)30-17-15-23-11-13-25(32-2)27(19-23)34-4/h5-13,18-19H,14-17,20H2,1-4H3,(H,29,30)/p+1. The second-order valence-corrected chi connectivity index (χ2v) is 7.87. The average Bonchev–Trinajstić information content (AvgIpc) is 2.88. The Morgan fingerprint density at radius 2 is 1.21 bits per heavy atom. The molecule has 0 saturated heterocycles. The van der Waals surface area contributed by atoms with Crippen molar-refractivity contribution in [2.24, 2.45) is 0 Å². The molecular weight excluding hydrogens is 428 g/mol. The quantitative estimate of drug-likeness (QED) is 0.320. The Morgan fingerprint density at radius 1 is 0.647 bits per heavy atom. The highest BCUT2D eigenvalue weighted by molar-refractivity contribution is 5.79. The molecule has 0 fully saturated rings. The van der Waals surface area contributed by atoms with E-state index in [1.807, 2.05) is 30.3 Å². The summed E-state index contributed by atoms with van der Waals surface area (Å²) in [6, 6.07) is 22.6. The lowest BCUT2D eigenvalue weighted by molar-refractivity contribution is -0.459. The van der Waals surface area contributed by atoms with Crippen molar-refractivity contribution in [3.63, 3.8) is 0 Å². The summed E-state index contributed by atoms with van der Waals surface area (Å²) in [5, 5.41) is 3.60. The molecule has 0 bridgehead atoms. The van der Waals surface area contributed by atoms with Gasteiger partial charge in [0, 0.05) is 12.8 Å². The lowest BCUT2D eigenvalue weighted by Gasteiger charge is -2.10. The zero-order valence-corrected chi connectivity index (χ0v) is 20.5. The maximum Gasteiger partial charge on any atom is 0.247 e. The minimum absolute atomic E-state index is 0.743. The number of hydrogen-bond acceptors (Lipinski definition) is 4. The van der Waals surface area contributed by atoms with Gasteiger partial charge in [-0.15, -0.1) is 0 Å². The number of nitrogens with one attached hydrogen (secondary N) is 2. The molecular formula is C28H35N2O4+. The van der Waals surface area contributed by atoms with E-state index in [0.29, 0.717) is 0 Å². The lowest BCUT2D eigenvalue weighted by Crippen LogP contribution is -2.77. The molecule has 6 nitrogen and oxygen atoms in total. The predicted octanol–water partition coefficient (Wildman–Crippen LogP) is 2.82. The molecule has 6 heteroatoms. The maximum absolute atomic E-state index is 5.43. The van der Waals surface area contributed by atoms with Crippen LogP contribution >= 0.6 is 0 Å². The SMILES string of the molecule is COc1ccc(CCNC(Cc2ccccc2)=[NH+]CCc2ccc(OC)c(OC)c2)cc1OC. The van der Waals surface area contributed by atoms with Crippen molar-refractivity contribution >= 4 is 5.84 Å². The van der Waals surface area contributed by atoms with E-state index in [2.05, 4.69) is 46.7 Å². The van der Waals surface area contributed by atoms with Gasteiger partial charge in [-0.25, -0.2) is 0 Å². The van der Waals surface area contributed by atoms with Crippen LogP contribution in [0.15, 0.2) is 66.7 Å². The van der Waals surface area contributed by atoms with E-state index in [9.17, 15) is 0 Å². The Morgan fingerprint density at radius 3 is 1.76 bits per heavy atom. The number of amidine groups is 1. The van der Waals surface area contributed by atoms with Crippen LogP contribution in [-0.2, 0) is 19.3 Å². The molecule has 0 aliphatic rings. The number of benzene rings is 3. The third kappa shape index (κ3) is 7.17. The highest BCUT2D eigenvalue weighted by atomic mass is 16.5. The Kier molecular flexibility index (Phi) is 9.65. The van der Waals surface area contributed by atoms with E-state index < -0.39 is 0 Å². The van der Waals surface area contributed by atoms with Gasteiger partial charge in [0.1, 0.15) is 0 Å². The summed E-state index contributed by atoms with van der Waals surface area (Å²) in [5.74, 6) is 4.09. The summed E-state index contributed by atoms with van der Waals surface area (Å²) in [4.78, 5) is 3.60. The molecule has 34 heavy (non-hydrogen) atoms. The number of ether oxygens (including phenoxy) is 4. The highest BCUT2D eigenvalue weighted by Gasteiger charge is 2.10. The van der Waals surface area contributed by atoms with Gasteiger partial charge in [0.25, 0.3) is 0 Å². The van der Waals surface area contributed by atoms with Crippen LogP contribution in [0.25, 0.3) is 0 Å². The Labute approximate surface area is 202 Å². The van der Waals surface area contributed by atoms with Gasteiger partial charge in [-0.2, -0.15) is 0 Å². The summed E-state index contributed by atoms with van der Waals surface area (Å²) >= 11 is 0. The fourth-order valence-corrected chi connectivity index (χ4v) is 3.78. The van der Waals surface area contributed by atoms with Crippen molar-refractivity contribution in [2.45, 2.75) is 19.3 Å². The minimum Gasteiger partial charge on any atom is -0.493 e. The topological polar surface area (TPSA) is 62.9 Å². The fourth-order valence-electron chi connectivity index (χ4n) is 3.78. The summed E-state index contributed by atoms with van der Waals surface area (Å²) in [6.45, 7) is 1.61. The molecule has 0 aromatic heterocycles. The van der Waals surface area contributed by atoms with Crippen LogP contribution in [-0.4, -0.2) is 47.4 Å². The van der Waals surface area contributed by atoms with Crippen LogP contribution in [0.4, 0.5) is 0 Å². The average molecular weight is 464 g/mol. The smallest absolute Gasteiger partial charge is 0.247 e. The predicted molar refractivity (Wildman–Crippen MR) is 135 cm³/mol. The van der Waals surface area contributed by atoms with Crippen molar-refractivity contribution in [1.82, 2.24) is 5.32 Å². The van der Waals surface area contributed by atoms with Gasteiger partial charge in [-0.1, -0.05) is 42.5 Å².